The zero-order chi connectivity index (χ0) is 14.3. The van der Waals surface area contributed by atoms with E-state index in [0.29, 0.717) is 6.04 Å². The normalized spacial score (nSPS) is 15.4. The summed E-state index contributed by atoms with van der Waals surface area (Å²) in [4.78, 5) is 6.86. The fourth-order valence-electron chi connectivity index (χ4n) is 2.64. The molecule has 0 amide bonds. The number of halogens is 1. The second-order valence-electron chi connectivity index (χ2n) is 5.45. The van der Waals surface area contributed by atoms with Crippen LogP contribution < -0.4 is 0 Å². The van der Waals surface area contributed by atoms with Crippen molar-refractivity contribution in [3.05, 3.63) is 11.5 Å². The monoisotopic (exact) mass is 283 g/mol. The molecule has 0 aliphatic heterocycles. The molecule has 0 radical (unpaired) electrons. The van der Waals surface area contributed by atoms with Crippen LogP contribution in [-0.2, 0) is 7.05 Å². The Morgan fingerprint density at radius 3 is 2.47 bits per heavy atom. The molecular weight excluding hydrogens is 262 g/mol. The van der Waals surface area contributed by atoms with Crippen LogP contribution in [0.3, 0.4) is 0 Å². The molecule has 2 atom stereocenters. The summed E-state index contributed by atoms with van der Waals surface area (Å²) in [7, 11) is 6.10. The van der Waals surface area contributed by atoms with Crippen molar-refractivity contribution >= 4 is 22.8 Å². The van der Waals surface area contributed by atoms with E-state index >= 15 is 0 Å². The highest BCUT2D eigenvalue weighted by atomic mass is 35.5. The van der Waals surface area contributed by atoms with Crippen molar-refractivity contribution in [3.63, 3.8) is 0 Å². The third-order valence-corrected chi connectivity index (χ3v) is 3.48. The summed E-state index contributed by atoms with van der Waals surface area (Å²) in [6.07, 6.45) is 0. The van der Waals surface area contributed by atoms with Crippen molar-refractivity contribution in [3.8, 4) is 0 Å². The van der Waals surface area contributed by atoms with Gasteiger partial charge in [0.05, 0.1) is 11.1 Å². The lowest BCUT2D eigenvalue weighted by Gasteiger charge is -2.22. The molecule has 106 valence electrons. The Bertz CT molecular complexity index is 581. The van der Waals surface area contributed by atoms with Gasteiger partial charge in [0.15, 0.2) is 5.65 Å². The van der Waals surface area contributed by atoms with Crippen LogP contribution in [0.25, 0.3) is 11.2 Å². The number of hydrogen-bond acceptors (Lipinski definition) is 3. The molecule has 0 aliphatic rings. The lowest BCUT2D eigenvalue weighted by atomic mass is 10.3. The van der Waals surface area contributed by atoms with Crippen LogP contribution in [0.2, 0.25) is 0 Å². The Hall–Kier alpha value is -1.07. The van der Waals surface area contributed by atoms with Crippen LogP contribution in [0.5, 0.6) is 0 Å². The van der Waals surface area contributed by atoms with E-state index in [1.807, 2.05) is 25.6 Å². The SMILES string of the molecule is Cc1nn(C)c2c1nc(C(C)Cl)n2C(C)CN(C)C. The number of imidazole rings is 1. The zero-order valence-corrected chi connectivity index (χ0v) is 13.2. The fourth-order valence-corrected chi connectivity index (χ4v) is 2.79. The number of fused-ring (bicyclic) bond motifs is 1. The van der Waals surface area contributed by atoms with Crippen LogP contribution >= 0.6 is 11.6 Å². The number of nitrogens with zero attached hydrogens (tertiary/aromatic N) is 5. The van der Waals surface area contributed by atoms with E-state index in [-0.39, 0.29) is 5.38 Å². The summed E-state index contributed by atoms with van der Waals surface area (Å²) >= 11 is 6.30. The maximum atomic E-state index is 6.30. The number of aromatic nitrogens is 4. The molecule has 0 bridgehead atoms. The third-order valence-electron chi connectivity index (χ3n) is 3.29. The van der Waals surface area contributed by atoms with Crippen molar-refractivity contribution in [1.82, 2.24) is 24.2 Å². The number of aryl methyl sites for hydroxylation is 2. The maximum absolute atomic E-state index is 6.30. The molecule has 19 heavy (non-hydrogen) atoms. The van der Waals surface area contributed by atoms with E-state index in [2.05, 4.69) is 35.6 Å². The Kier molecular flexibility index (Phi) is 3.87. The van der Waals surface area contributed by atoms with Crippen molar-refractivity contribution < 1.29 is 0 Å². The van der Waals surface area contributed by atoms with E-state index in [0.717, 1.165) is 29.2 Å². The second kappa shape index (κ2) is 5.13. The first kappa shape index (κ1) is 14.3. The van der Waals surface area contributed by atoms with E-state index in [1.54, 1.807) is 0 Å². The smallest absolute Gasteiger partial charge is 0.159 e. The molecule has 0 saturated heterocycles. The Balaban J connectivity index is 2.63. The topological polar surface area (TPSA) is 38.9 Å². The first-order valence-corrected chi connectivity index (χ1v) is 6.96. The third kappa shape index (κ3) is 2.49. The maximum Gasteiger partial charge on any atom is 0.159 e. The number of alkyl halides is 1. The van der Waals surface area contributed by atoms with Crippen LogP contribution in [0.15, 0.2) is 0 Å². The lowest BCUT2D eigenvalue weighted by Crippen LogP contribution is -2.24. The fraction of sp³-hybridized carbons (Fsp3) is 0.692. The molecule has 6 heteroatoms. The molecule has 2 unspecified atom stereocenters. The van der Waals surface area contributed by atoms with Crippen LogP contribution in [0, 0.1) is 6.92 Å². The molecule has 0 fully saturated rings. The van der Waals surface area contributed by atoms with E-state index in [4.69, 9.17) is 16.6 Å². The van der Waals surface area contributed by atoms with Gasteiger partial charge in [-0.05, 0) is 34.9 Å². The largest absolute Gasteiger partial charge is 0.308 e. The van der Waals surface area contributed by atoms with Gasteiger partial charge in [-0.25, -0.2) is 4.98 Å². The molecule has 2 aromatic heterocycles. The van der Waals surface area contributed by atoms with Gasteiger partial charge in [-0.2, -0.15) is 5.10 Å². The highest BCUT2D eigenvalue weighted by Gasteiger charge is 2.23. The number of rotatable bonds is 4. The van der Waals surface area contributed by atoms with Crippen LogP contribution in [0.4, 0.5) is 0 Å². The second-order valence-corrected chi connectivity index (χ2v) is 6.10. The molecule has 2 aromatic rings. The van der Waals surface area contributed by atoms with Crippen LogP contribution in [-0.4, -0.2) is 44.9 Å². The van der Waals surface area contributed by atoms with E-state index in [9.17, 15) is 0 Å². The molecule has 0 spiro atoms. The van der Waals surface area contributed by atoms with Gasteiger partial charge in [0.25, 0.3) is 0 Å². The molecule has 2 rings (SSSR count). The summed E-state index contributed by atoms with van der Waals surface area (Å²) in [5.74, 6) is 0.919. The van der Waals surface area contributed by atoms with Gasteiger partial charge in [0.1, 0.15) is 11.3 Å². The van der Waals surface area contributed by atoms with Gasteiger partial charge in [-0.3, -0.25) is 4.68 Å². The molecule has 0 N–H and O–H groups in total. The van der Waals surface area contributed by atoms with E-state index < -0.39 is 0 Å². The minimum Gasteiger partial charge on any atom is -0.308 e. The van der Waals surface area contributed by atoms with Crippen LogP contribution in [0.1, 0.15) is 36.8 Å². The Labute approximate surface area is 119 Å². The van der Waals surface area contributed by atoms with Gasteiger partial charge in [0.2, 0.25) is 0 Å². The van der Waals surface area contributed by atoms with Gasteiger partial charge in [-0.1, -0.05) is 0 Å². The van der Waals surface area contributed by atoms with Gasteiger partial charge in [-0.15, -0.1) is 11.6 Å². The summed E-state index contributed by atoms with van der Waals surface area (Å²) in [5, 5.41) is 4.34. The van der Waals surface area contributed by atoms with E-state index in [1.165, 1.54) is 0 Å². The first-order chi connectivity index (χ1) is 8.82. The highest BCUT2D eigenvalue weighted by Crippen LogP contribution is 2.29. The molecule has 0 saturated carbocycles. The summed E-state index contributed by atoms with van der Waals surface area (Å²) < 4.78 is 4.11. The Morgan fingerprint density at radius 2 is 1.95 bits per heavy atom. The molecular formula is C13H22ClN5. The van der Waals surface area contributed by atoms with Gasteiger partial charge in [0, 0.05) is 19.6 Å². The highest BCUT2D eigenvalue weighted by molar-refractivity contribution is 6.20. The minimum atomic E-state index is -0.114. The summed E-state index contributed by atoms with van der Waals surface area (Å²) in [5.41, 5.74) is 2.96. The average molecular weight is 284 g/mol. The number of likely N-dealkylation sites (N-methyl/N-ethyl adjacent to an activating group) is 1. The molecule has 2 heterocycles. The minimum absolute atomic E-state index is 0.114. The zero-order valence-electron chi connectivity index (χ0n) is 12.5. The first-order valence-electron chi connectivity index (χ1n) is 6.53. The van der Waals surface area contributed by atoms with Gasteiger partial charge < -0.3 is 9.47 Å². The number of hydrogen-bond donors (Lipinski definition) is 0. The Morgan fingerprint density at radius 1 is 1.32 bits per heavy atom. The predicted molar refractivity (Wildman–Crippen MR) is 78.8 cm³/mol. The van der Waals surface area contributed by atoms with Crippen molar-refractivity contribution in [2.45, 2.75) is 32.2 Å². The van der Waals surface area contributed by atoms with Crippen molar-refractivity contribution in [2.75, 3.05) is 20.6 Å². The lowest BCUT2D eigenvalue weighted by molar-refractivity contribution is 0.334. The van der Waals surface area contributed by atoms with Crippen molar-refractivity contribution in [1.29, 1.82) is 0 Å². The molecule has 5 nitrogen and oxygen atoms in total. The summed E-state index contributed by atoms with van der Waals surface area (Å²) in [6.45, 7) is 7.07. The summed E-state index contributed by atoms with van der Waals surface area (Å²) in [6, 6.07) is 0.297. The molecule has 0 aromatic carbocycles. The quantitative estimate of drug-likeness (QED) is 0.810. The molecule has 0 aliphatic carbocycles. The van der Waals surface area contributed by atoms with Gasteiger partial charge >= 0.3 is 0 Å². The standard InChI is InChI=1S/C13H22ClN5/c1-8(7-17(4)5)19-12(9(2)14)15-11-10(3)16-18(6)13(11)19/h8-9H,7H2,1-6H3. The predicted octanol–water partition coefficient (Wildman–Crippen LogP) is 2.50. The van der Waals surface area contributed by atoms with Crippen molar-refractivity contribution in [2.24, 2.45) is 7.05 Å². The average Bonchev–Trinajstić information content (AvgIpc) is 2.77.